The summed E-state index contributed by atoms with van der Waals surface area (Å²) in [6.45, 7) is 4.80. The Hall–Kier alpha value is -2.13. The van der Waals surface area contributed by atoms with Gasteiger partial charge in [0.2, 0.25) is 10.0 Å². The Labute approximate surface area is 175 Å². The summed E-state index contributed by atoms with van der Waals surface area (Å²) in [6, 6.07) is 14.1. The minimum absolute atomic E-state index is 0.232. The Balaban J connectivity index is 1.23. The predicted molar refractivity (Wildman–Crippen MR) is 114 cm³/mol. The minimum atomic E-state index is -3.49. The number of benzene rings is 2. The standard InChI is InChI=1S/C20H23ClN4O3S/c21-16-6-8-17(9-7-16)29(26,27)22-10-3-11-24-12-14-25(15-13-24)20-18-4-1-2-5-19(18)28-23-20/h1-2,4-9,22H,3,10-15H2. The van der Waals surface area contributed by atoms with Crippen LogP contribution in [-0.4, -0.2) is 57.7 Å². The summed E-state index contributed by atoms with van der Waals surface area (Å²) in [5.41, 5.74) is 0.804. The Morgan fingerprint density at radius 2 is 1.76 bits per heavy atom. The second kappa shape index (κ2) is 8.71. The summed E-state index contributed by atoms with van der Waals surface area (Å²) < 4.78 is 32.6. The molecule has 29 heavy (non-hydrogen) atoms. The molecule has 1 aromatic heterocycles. The lowest BCUT2D eigenvalue weighted by Gasteiger charge is -2.34. The van der Waals surface area contributed by atoms with Crippen molar-refractivity contribution >= 4 is 38.4 Å². The van der Waals surface area contributed by atoms with Crippen molar-refractivity contribution in [2.75, 3.05) is 44.2 Å². The average molecular weight is 435 g/mol. The molecule has 1 saturated heterocycles. The van der Waals surface area contributed by atoms with Gasteiger partial charge in [0.05, 0.1) is 10.3 Å². The quantitative estimate of drug-likeness (QED) is 0.576. The molecule has 1 fully saturated rings. The van der Waals surface area contributed by atoms with Gasteiger partial charge in [-0.2, -0.15) is 0 Å². The van der Waals surface area contributed by atoms with Crippen LogP contribution in [0.5, 0.6) is 0 Å². The molecule has 0 amide bonds. The van der Waals surface area contributed by atoms with Gasteiger partial charge in [0, 0.05) is 37.7 Å². The van der Waals surface area contributed by atoms with E-state index in [0.717, 1.165) is 55.9 Å². The average Bonchev–Trinajstić information content (AvgIpc) is 3.16. The molecule has 0 unspecified atom stereocenters. The fraction of sp³-hybridized carbons (Fsp3) is 0.350. The number of hydrogen-bond donors (Lipinski definition) is 1. The number of anilines is 1. The lowest BCUT2D eigenvalue weighted by molar-refractivity contribution is 0.254. The zero-order chi connectivity index (χ0) is 20.3. The van der Waals surface area contributed by atoms with Gasteiger partial charge in [0.15, 0.2) is 11.4 Å². The second-order valence-corrected chi connectivity index (χ2v) is 9.24. The summed E-state index contributed by atoms with van der Waals surface area (Å²) in [5.74, 6) is 0.899. The molecule has 154 valence electrons. The SMILES string of the molecule is O=S(=O)(NCCCN1CCN(c2noc3ccccc23)CC1)c1ccc(Cl)cc1. The third kappa shape index (κ3) is 4.72. The van der Waals surface area contributed by atoms with Gasteiger partial charge in [-0.1, -0.05) is 28.9 Å². The summed E-state index contributed by atoms with van der Waals surface area (Å²) in [4.78, 5) is 4.82. The first-order valence-corrected chi connectivity index (χ1v) is 11.5. The van der Waals surface area contributed by atoms with Crippen molar-refractivity contribution in [3.05, 3.63) is 53.6 Å². The topological polar surface area (TPSA) is 78.7 Å². The van der Waals surface area contributed by atoms with E-state index in [1.807, 2.05) is 24.3 Å². The highest BCUT2D eigenvalue weighted by Gasteiger charge is 2.21. The predicted octanol–water partition coefficient (Wildman–Crippen LogP) is 2.97. The van der Waals surface area contributed by atoms with Crippen LogP contribution in [0.4, 0.5) is 5.82 Å². The molecule has 2 heterocycles. The number of fused-ring (bicyclic) bond motifs is 1. The highest BCUT2D eigenvalue weighted by atomic mass is 35.5. The zero-order valence-electron chi connectivity index (χ0n) is 15.9. The molecule has 0 saturated carbocycles. The van der Waals surface area contributed by atoms with Crippen LogP contribution in [0.2, 0.25) is 5.02 Å². The van der Waals surface area contributed by atoms with Crippen LogP contribution < -0.4 is 9.62 Å². The van der Waals surface area contributed by atoms with E-state index in [4.69, 9.17) is 16.1 Å². The molecule has 0 aliphatic carbocycles. The van der Waals surface area contributed by atoms with Crippen molar-refractivity contribution in [1.82, 2.24) is 14.8 Å². The number of nitrogens with zero attached hydrogens (tertiary/aromatic N) is 3. The van der Waals surface area contributed by atoms with Gasteiger partial charge < -0.3 is 9.42 Å². The highest BCUT2D eigenvalue weighted by molar-refractivity contribution is 7.89. The van der Waals surface area contributed by atoms with Crippen LogP contribution in [0.15, 0.2) is 57.9 Å². The molecular formula is C20H23ClN4O3S. The lowest BCUT2D eigenvalue weighted by Crippen LogP contribution is -2.47. The molecule has 3 aromatic rings. The molecule has 4 rings (SSSR count). The number of hydrogen-bond acceptors (Lipinski definition) is 6. The molecule has 7 nitrogen and oxygen atoms in total. The fourth-order valence-corrected chi connectivity index (χ4v) is 4.69. The van der Waals surface area contributed by atoms with Crippen molar-refractivity contribution in [3.8, 4) is 0 Å². The first-order chi connectivity index (χ1) is 14.0. The number of nitrogens with one attached hydrogen (secondary N) is 1. The number of rotatable bonds is 7. The number of para-hydroxylation sites is 1. The molecule has 9 heteroatoms. The Morgan fingerprint density at radius 1 is 1.03 bits per heavy atom. The molecule has 1 N–H and O–H groups in total. The van der Waals surface area contributed by atoms with E-state index >= 15 is 0 Å². The minimum Gasteiger partial charge on any atom is -0.354 e. The van der Waals surface area contributed by atoms with Crippen molar-refractivity contribution in [1.29, 1.82) is 0 Å². The zero-order valence-corrected chi connectivity index (χ0v) is 17.5. The maximum Gasteiger partial charge on any atom is 0.240 e. The molecule has 0 radical (unpaired) electrons. The Kier molecular flexibility index (Phi) is 6.05. The van der Waals surface area contributed by atoms with Gasteiger partial charge in [-0.15, -0.1) is 0 Å². The van der Waals surface area contributed by atoms with Crippen molar-refractivity contribution in [3.63, 3.8) is 0 Å². The van der Waals surface area contributed by atoms with Crippen molar-refractivity contribution < 1.29 is 12.9 Å². The van der Waals surface area contributed by atoms with E-state index in [0.29, 0.717) is 11.6 Å². The molecule has 2 aromatic carbocycles. The number of sulfonamides is 1. The molecule has 1 aliphatic rings. The monoisotopic (exact) mass is 434 g/mol. The van der Waals surface area contributed by atoms with Gasteiger partial charge in [-0.3, -0.25) is 4.90 Å². The van der Waals surface area contributed by atoms with Crippen LogP contribution in [0.25, 0.3) is 11.0 Å². The van der Waals surface area contributed by atoms with Crippen LogP contribution in [0, 0.1) is 0 Å². The van der Waals surface area contributed by atoms with Gasteiger partial charge in [0.1, 0.15) is 0 Å². The van der Waals surface area contributed by atoms with Crippen LogP contribution in [0.3, 0.4) is 0 Å². The first kappa shape index (κ1) is 20.2. The van der Waals surface area contributed by atoms with Gasteiger partial charge in [-0.05, 0) is 49.4 Å². The fourth-order valence-electron chi connectivity index (χ4n) is 3.49. The summed E-state index contributed by atoms with van der Waals surface area (Å²) in [6.07, 6.45) is 0.750. The number of aromatic nitrogens is 1. The maximum absolute atomic E-state index is 12.3. The van der Waals surface area contributed by atoms with E-state index in [1.54, 1.807) is 12.1 Å². The summed E-state index contributed by atoms with van der Waals surface area (Å²) in [5, 5.41) is 5.78. The highest BCUT2D eigenvalue weighted by Crippen LogP contribution is 2.26. The van der Waals surface area contributed by atoms with Gasteiger partial charge >= 0.3 is 0 Å². The van der Waals surface area contributed by atoms with Gasteiger partial charge in [-0.25, -0.2) is 13.1 Å². The van der Waals surface area contributed by atoms with Crippen LogP contribution in [-0.2, 0) is 10.0 Å². The Bertz CT molecular complexity index is 1060. The second-order valence-electron chi connectivity index (χ2n) is 7.04. The van der Waals surface area contributed by atoms with Crippen LogP contribution in [0.1, 0.15) is 6.42 Å². The summed E-state index contributed by atoms with van der Waals surface area (Å²) >= 11 is 5.81. The largest absolute Gasteiger partial charge is 0.354 e. The molecule has 0 atom stereocenters. The van der Waals surface area contributed by atoms with E-state index in [1.165, 1.54) is 12.1 Å². The molecular weight excluding hydrogens is 412 g/mol. The molecule has 0 bridgehead atoms. The number of piperazine rings is 1. The molecule has 1 aliphatic heterocycles. The third-order valence-electron chi connectivity index (χ3n) is 5.10. The lowest BCUT2D eigenvalue weighted by atomic mass is 10.2. The Morgan fingerprint density at radius 3 is 2.52 bits per heavy atom. The van der Waals surface area contributed by atoms with Crippen LogP contribution >= 0.6 is 11.6 Å². The van der Waals surface area contributed by atoms with E-state index in [2.05, 4.69) is 19.7 Å². The van der Waals surface area contributed by atoms with Crippen molar-refractivity contribution in [2.24, 2.45) is 0 Å². The van der Waals surface area contributed by atoms with Gasteiger partial charge in [0.25, 0.3) is 0 Å². The van der Waals surface area contributed by atoms with Crippen molar-refractivity contribution in [2.45, 2.75) is 11.3 Å². The third-order valence-corrected chi connectivity index (χ3v) is 6.83. The van der Waals surface area contributed by atoms with E-state index < -0.39 is 10.0 Å². The smallest absolute Gasteiger partial charge is 0.240 e. The first-order valence-electron chi connectivity index (χ1n) is 9.60. The van der Waals surface area contributed by atoms with E-state index in [9.17, 15) is 8.42 Å². The normalized spacial score (nSPS) is 15.8. The maximum atomic E-state index is 12.3. The van der Waals surface area contributed by atoms with E-state index in [-0.39, 0.29) is 4.90 Å². The number of halogens is 1. The molecule has 0 spiro atoms. The summed E-state index contributed by atoms with van der Waals surface area (Å²) in [7, 11) is -3.49.